The first-order valence-electron chi connectivity index (χ1n) is 4.79. The monoisotopic (exact) mass is 336 g/mol. The first-order valence-corrected chi connectivity index (χ1v) is 13.0. The Bertz CT molecular complexity index is 106. The second-order valence-electron chi connectivity index (χ2n) is 2.60. The van der Waals surface area contributed by atoms with Crippen LogP contribution in [0.25, 0.3) is 0 Å². The van der Waals surface area contributed by atoms with Gasteiger partial charge in [-0.2, -0.15) is 0 Å². The highest BCUT2D eigenvalue weighted by Crippen LogP contribution is 1.78. The third-order valence-corrected chi connectivity index (χ3v) is 9.72. The Balaban J connectivity index is 2.81. The van der Waals surface area contributed by atoms with Crippen LogP contribution < -0.4 is 0 Å². The van der Waals surface area contributed by atoms with Crippen molar-refractivity contribution in [2.45, 2.75) is 13.0 Å². The largest absolute Gasteiger partial charge is 0.449 e. The first-order chi connectivity index (χ1) is 7.41. The molecule has 0 atom stereocenters. The zero-order valence-corrected chi connectivity index (χ0v) is 19.9. The Kier molecular flexibility index (Phi) is 16.6. The van der Waals surface area contributed by atoms with Crippen LogP contribution in [0.2, 0.25) is 6.04 Å². The molecule has 0 fully saturated rings. The third-order valence-electron chi connectivity index (χ3n) is 1.22. The molecule has 0 bridgehead atoms. The molecule has 0 saturated carbocycles. The van der Waals surface area contributed by atoms with Crippen LogP contribution in [0.5, 0.6) is 0 Å². The lowest BCUT2D eigenvalue weighted by Crippen LogP contribution is -2.19. The van der Waals surface area contributed by atoms with Crippen molar-refractivity contribution in [1.29, 1.82) is 0 Å². The molecule has 13 heteroatoms. The minimum absolute atomic E-state index is 0.268. The molecule has 0 saturated heterocycles. The Morgan fingerprint density at radius 1 is 0.800 bits per heavy atom. The molecule has 0 aliphatic rings. The molecule has 0 amide bonds. The fourth-order valence-electron chi connectivity index (χ4n) is 0.658. The van der Waals surface area contributed by atoms with E-state index in [-0.39, 0.29) is 9.76 Å². The summed E-state index contributed by atoms with van der Waals surface area (Å²) in [6, 6.07) is 1.19. The Morgan fingerprint density at radius 3 is 1.73 bits per heavy atom. The fraction of sp³-hybridized carbons (Fsp3) is 1.00. The van der Waals surface area contributed by atoms with E-state index in [0.717, 1.165) is 10.5 Å². The summed E-state index contributed by atoms with van der Waals surface area (Å²) in [7, 11) is -3.33. The summed E-state index contributed by atoms with van der Waals surface area (Å²) < 4.78 is 31.6. The van der Waals surface area contributed by atoms with Crippen molar-refractivity contribution in [1.82, 2.24) is 0 Å². The molecule has 15 heavy (non-hydrogen) atoms. The third kappa shape index (κ3) is 15.3. The van der Waals surface area contributed by atoms with Gasteiger partial charge in [0.25, 0.3) is 50.0 Å². The molecular formula is C2H20O6Si7. The molecule has 0 rings (SSSR count). The molecule has 0 spiro atoms. The smallest absolute Gasteiger partial charge is 0.286 e. The van der Waals surface area contributed by atoms with E-state index in [1.165, 1.54) is 6.04 Å². The predicted molar refractivity (Wildman–Crippen MR) is 78.2 cm³/mol. The highest BCUT2D eigenvalue weighted by molar-refractivity contribution is 6.48. The van der Waals surface area contributed by atoms with Gasteiger partial charge in [-0.1, -0.05) is 6.92 Å². The SMILES string of the molecule is CC[SiH2]O[SiH2]O[SiH2]O[SiH2]O[SiH2]O[SiH2]O[SiH3]. The summed E-state index contributed by atoms with van der Waals surface area (Å²) in [6.07, 6.45) is 0. The molecule has 92 valence electrons. The van der Waals surface area contributed by atoms with Crippen molar-refractivity contribution in [2.24, 2.45) is 0 Å². The van der Waals surface area contributed by atoms with E-state index in [0.29, 0.717) is 0 Å². The van der Waals surface area contributed by atoms with Crippen molar-refractivity contribution in [3.05, 3.63) is 0 Å². The van der Waals surface area contributed by atoms with E-state index in [1.54, 1.807) is 0 Å². The second kappa shape index (κ2) is 15.3. The van der Waals surface area contributed by atoms with Crippen LogP contribution in [0.15, 0.2) is 0 Å². The molecule has 0 radical (unpaired) electrons. The van der Waals surface area contributed by atoms with Crippen LogP contribution in [0.3, 0.4) is 0 Å². The lowest BCUT2D eigenvalue weighted by atomic mass is 11.0. The van der Waals surface area contributed by atoms with Crippen molar-refractivity contribution in [2.75, 3.05) is 0 Å². The molecule has 6 nitrogen and oxygen atoms in total. The van der Waals surface area contributed by atoms with E-state index in [9.17, 15) is 0 Å². The van der Waals surface area contributed by atoms with Crippen LogP contribution in [0.1, 0.15) is 6.92 Å². The zero-order valence-electron chi connectivity index (χ0n) is 9.40. The zero-order chi connectivity index (χ0) is 11.2. The predicted octanol–water partition coefficient (Wildman–Crippen LogP) is -6.12. The van der Waals surface area contributed by atoms with Crippen LogP contribution in [0.4, 0.5) is 0 Å². The van der Waals surface area contributed by atoms with Crippen molar-refractivity contribution in [3.8, 4) is 0 Å². The van der Waals surface area contributed by atoms with Gasteiger partial charge in [-0.15, -0.1) is 0 Å². The summed E-state index contributed by atoms with van der Waals surface area (Å²) in [5.41, 5.74) is 0. The maximum Gasteiger partial charge on any atom is 0.286 e. The average molecular weight is 337 g/mol. The van der Waals surface area contributed by atoms with Gasteiger partial charge >= 0.3 is 0 Å². The quantitative estimate of drug-likeness (QED) is 0.261. The van der Waals surface area contributed by atoms with Gasteiger partial charge < -0.3 is 24.7 Å². The van der Waals surface area contributed by atoms with Crippen molar-refractivity contribution < 1.29 is 24.7 Å². The minimum Gasteiger partial charge on any atom is -0.449 e. The minimum atomic E-state index is -0.827. The average Bonchev–Trinajstić information content (AvgIpc) is 2.26. The van der Waals surface area contributed by atoms with Gasteiger partial charge in [-0.3, -0.25) is 0 Å². The number of rotatable bonds is 12. The standard InChI is InChI=1S/C2H20O6Si7/c1-2-10-4-12-6-14-8-15-7-13-5-11-3-9/h2,10-15H2,1,9H3. The summed E-state index contributed by atoms with van der Waals surface area (Å²) in [4.78, 5) is 0. The Hall–Kier alpha value is 1.28. The van der Waals surface area contributed by atoms with Gasteiger partial charge in [-0.25, -0.2) is 0 Å². The van der Waals surface area contributed by atoms with Gasteiger partial charge in [0.15, 0.2) is 0 Å². The van der Waals surface area contributed by atoms with Crippen molar-refractivity contribution in [3.63, 3.8) is 0 Å². The van der Waals surface area contributed by atoms with Crippen LogP contribution in [0, 0.1) is 0 Å². The molecular weight excluding hydrogens is 317 g/mol. The number of hydrogen-bond acceptors (Lipinski definition) is 6. The van der Waals surface area contributed by atoms with E-state index in [1.807, 2.05) is 0 Å². The molecule has 0 heterocycles. The molecule has 0 aliphatic carbocycles. The molecule has 0 aromatic heterocycles. The van der Waals surface area contributed by atoms with Crippen molar-refractivity contribution >= 4 is 70.3 Å². The van der Waals surface area contributed by atoms with Gasteiger partial charge in [-0.05, 0) is 6.04 Å². The normalized spacial score (nSPS) is 15.8. The highest BCUT2D eigenvalue weighted by atomic mass is 28.4. The summed E-state index contributed by atoms with van der Waals surface area (Å²) in [5, 5.41) is 0. The lowest BCUT2D eigenvalue weighted by Gasteiger charge is -2.06. The summed E-state index contributed by atoms with van der Waals surface area (Å²) in [5.74, 6) is 0. The van der Waals surface area contributed by atoms with Gasteiger partial charge in [0.1, 0.15) is 20.2 Å². The summed E-state index contributed by atoms with van der Waals surface area (Å²) in [6.45, 7) is 2.14. The second-order valence-corrected chi connectivity index (χ2v) is 15.7. The molecule has 0 N–H and O–H groups in total. The maximum absolute atomic E-state index is 5.40. The maximum atomic E-state index is 5.40. The van der Waals surface area contributed by atoms with E-state index in [4.69, 9.17) is 24.7 Å². The van der Waals surface area contributed by atoms with Gasteiger partial charge in [0.2, 0.25) is 0 Å². The lowest BCUT2D eigenvalue weighted by molar-refractivity contribution is 0.379. The highest BCUT2D eigenvalue weighted by Gasteiger charge is 1.93. The van der Waals surface area contributed by atoms with Gasteiger partial charge in [0.05, 0.1) is 0 Å². The number of hydrogen-bond donors (Lipinski definition) is 0. The molecule has 0 aliphatic heterocycles. The van der Waals surface area contributed by atoms with Gasteiger partial charge in [0, 0.05) is 0 Å². The molecule has 0 aromatic carbocycles. The van der Waals surface area contributed by atoms with E-state index in [2.05, 4.69) is 6.92 Å². The fourth-order valence-corrected chi connectivity index (χ4v) is 11.7. The van der Waals surface area contributed by atoms with Crippen LogP contribution >= 0.6 is 0 Å². The first kappa shape index (κ1) is 16.3. The van der Waals surface area contributed by atoms with Crippen LogP contribution in [-0.2, 0) is 24.7 Å². The molecule has 0 aromatic rings. The Morgan fingerprint density at radius 2 is 1.27 bits per heavy atom. The van der Waals surface area contributed by atoms with E-state index < -0.39 is 50.0 Å². The van der Waals surface area contributed by atoms with E-state index >= 15 is 0 Å². The topological polar surface area (TPSA) is 55.4 Å². The Labute approximate surface area is 108 Å². The molecule has 0 unspecified atom stereocenters. The summed E-state index contributed by atoms with van der Waals surface area (Å²) >= 11 is 0. The van der Waals surface area contributed by atoms with Crippen LogP contribution in [-0.4, -0.2) is 70.3 Å².